The number of hydrogen-bond acceptors (Lipinski definition) is 3. The van der Waals surface area contributed by atoms with Crippen molar-refractivity contribution in [1.82, 2.24) is 0 Å². The highest BCUT2D eigenvalue weighted by Crippen LogP contribution is 2.10. The zero-order valence-corrected chi connectivity index (χ0v) is 8.64. The van der Waals surface area contributed by atoms with Gasteiger partial charge < -0.3 is 5.73 Å². The Morgan fingerprint density at radius 2 is 2.46 bits per heavy atom. The van der Waals surface area contributed by atoms with Crippen molar-refractivity contribution in [3.05, 3.63) is 22.4 Å². The van der Waals surface area contributed by atoms with Crippen LogP contribution in [0.2, 0.25) is 0 Å². The highest BCUT2D eigenvalue weighted by atomic mass is 32.1. The van der Waals surface area contributed by atoms with Crippen LogP contribution in [0.3, 0.4) is 0 Å². The van der Waals surface area contributed by atoms with Crippen molar-refractivity contribution in [2.45, 2.75) is 32.2 Å². The molecule has 72 valence electrons. The Kier molecular flexibility index (Phi) is 4.12. The molecule has 0 aliphatic carbocycles. The van der Waals surface area contributed by atoms with E-state index < -0.39 is 0 Å². The third-order valence-corrected chi connectivity index (χ3v) is 2.63. The van der Waals surface area contributed by atoms with Crippen molar-refractivity contribution in [3.63, 3.8) is 0 Å². The molecule has 0 amide bonds. The zero-order chi connectivity index (χ0) is 9.68. The lowest BCUT2D eigenvalue weighted by Gasteiger charge is -2.07. The molecular formula is C10H15NOS. The molecule has 0 fully saturated rings. The average molecular weight is 197 g/mol. The molecule has 1 aromatic heterocycles. The average Bonchev–Trinajstić information content (AvgIpc) is 2.55. The van der Waals surface area contributed by atoms with Crippen molar-refractivity contribution in [3.8, 4) is 0 Å². The molecule has 1 unspecified atom stereocenters. The van der Waals surface area contributed by atoms with Gasteiger partial charge in [-0.2, -0.15) is 11.3 Å². The Morgan fingerprint density at radius 3 is 3.00 bits per heavy atom. The molecule has 0 saturated heterocycles. The summed E-state index contributed by atoms with van der Waals surface area (Å²) in [5, 5.41) is 3.79. The number of Topliss-reactive ketones (excluding diaryl/α,β-unsaturated/α-hetero) is 1. The molecule has 0 aromatic carbocycles. The number of ketones is 1. The van der Waals surface area contributed by atoms with Crippen LogP contribution in [-0.2, 0) is 0 Å². The van der Waals surface area contributed by atoms with Crippen LogP contribution in [0.5, 0.6) is 0 Å². The van der Waals surface area contributed by atoms with Gasteiger partial charge in [-0.15, -0.1) is 0 Å². The van der Waals surface area contributed by atoms with E-state index in [1.165, 1.54) is 0 Å². The number of hydrogen-bond donors (Lipinski definition) is 1. The maximum Gasteiger partial charge on any atom is 0.165 e. The van der Waals surface area contributed by atoms with Crippen molar-refractivity contribution in [1.29, 1.82) is 0 Å². The highest BCUT2D eigenvalue weighted by Gasteiger charge is 2.10. The van der Waals surface area contributed by atoms with E-state index in [9.17, 15) is 4.79 Å². The Hall–Kier alpha value is -0.670. The van der Waals surface area contributed by atoms with Gasteiger partial charge in [0, 0.05) is 23.4 Å². The lowest BCUT2D eigenvalue weighted by Crippen LogP contribution is -2.23. The first-order valence-corrected chi connectivity index (χ1v) is 5.49. The summed E-state index contributed by atoms with van der Waals surface area (Å²) >= 11 is 1.55. The number of nitrogens with two attached hydrogens (primary N) is 1. The second kappa shape index (κ2) is 5.14. The predicted molar refractivity (Wildman–Crippen MR) is 56.1 cm³/mol. The third-order valence-electron chi connectivity index (χ3n) is 1.95. The molecule has 1 atom stereocenters. The molecular weight excluding hydrogens is 182 g/mol. The smallest absolute Gasteiger partial charge is 0.165 e. The van der Waals surface area contributed by atoms with E-state index in [0.29, 0.717) is 6.42 Å². The number of carbonyl (C=O) groups excluding carboxylic acids is 1. The molecule has 3 heteroatoms. The molecule has 0 saturated carbocycles. The van der Waals surface area contributed by atoms with Gasteiger partial charge >= 0.3 is 0 Å². The van der Waals surface area contributed by atoms with Gasteiger partial charge in [0.25, 0.3) is 0 Å². The van der Waals surface area contributed by atoms with Gasteiger partial charge in [0.2, 0.25) is 0 Å². The molecule has 2 N–H and O–H groups in total. The lowest BCUT2D eigenvalue weighted by atomic mass is 10.0. The largest absolute Gasteiger partial charge is 0.327 e. The Labute approximate surface area is 82.8 Å². The van der Waals surface area contributed by atoms with E-state index in [4.69, 9.17) is 5.73 Å². The predicted octanol–water partition coefficient (Wildman–Crippen LogP) is 2.45. The topological polar surface area (TPSA) is 43.1 Å². The van der Waals surface area contributed by atoms with Crippen LogP contribution in [0.15, 0.2) is 16.8 Å². The summed E-state index contributed by atoms with van der Waals surface area (Å²) < 4.78 is 0. The summed E-state index contributed by atoms with van der Waals surface area (Å²) in [6, 6.07) is 1.88. The molecule has 2 nitrogen and oxygen atoms in total. The van der Waals surface area contributed by atoms with Crippen LogP contribution in [0.1, 0.15) is 36.5 Å². The van der Waals surface area contributed by atoms with Crippen molar-refractivity contribution in [2.75, 3.05) is 0 Å². The van der Waals surface area contributed by atoms with Gasteiger partial charge in [0.1, 0.15) is 0 Å². The maximum absolute atomic E-state index is 11.5. The summed E-state index contributed by atoms with van der Waals surface area (Å²) in [6.45, 7) is 2.08. The Bertz CT molecular complexity index is 256. The molecule has 0 aliphatic rings. The Balaban J connectivity index is 2.42. The first-order valence-electron chi connectivity index (χ1n) is 4.55. The van der Waals surface area contributed by atoms with Crippen LogP contribution >= 0.6 is 11.3 Å². The standard InChI is InChI=1S/C10H15NOS/c1-2-3-9(11)6-10(12)8-4-5-13-7-8/h4-5,7,9H,2-3,6,11H2,1H3. The van der Waals surface area contributed by atoms with E-state index in [-0.39, 0.29) is 11.8 Å². The third kappa shape index (κ3) is 3.28. The molecule has 0 bridgehead atoms. The van der Waals surface area contributed by atoms with Gasteiger partial charge in [0.05, 0.1) is 0 Å². The zero-order valence-electron chi connectivity index (χ0n) is 7.82. The fraction of sp³-hybridized carbons (Fsp3) is 0.500. The minimum Gasteiger partial charge on any atom is -0.327 e. The van der Waals surface area contributed by atoms with E-state index in [1.807, 2.05) is 16.8 Å². The quantitative estimate of drug-likeness (QED) is 0.737. The van der Waals surface area contributed by atoms with Crippen LogP contribution in [0, 0.1) is 0 Å². The summed E-state index contributed by atoms with van der Waals surface area (Å²) in [5.74, 6) is 0.169. The Morgan fingerprint density at radius 1 is 1.69 bits per heavy atom. The minimum atomic E-state index is 0.0254. The maximum atomic E-state index is 11.5. The lowest BCUT2D eigenvalue weighted by molar-refractivity contribution is 0.0973. The molecule has 13 heavy (non-hydrogen) atoms. The minimum absolute atomic E-state index is 0.0254. The SMILES string of the molecule is CCCC(N)CC(=O)c1ccsc1. The van der Waals surface area contributed by atoms with Gasteiger partial charge in [-0.05, 0) is 17.9 Å². The van der Waals surface area contributed by atoms with Crippen LogP contribution in [0.25, 0.3) is 0 Å². The second-order valence-electron chi connectivity index (χ2n) is 3.19. The first kappa shape index (κ1) is 10.4. The summed E-state index contributed by atoms with van der Waals surface area (Å²) in [6.07, 6.45) is 2.44. The van der Waals surface area contributed by atoms with E-state index in [2.05, 4.69) is 6.92 Å². The summed E-state index contributed by atoms with van der Waals surface area (Å²) in [5.41, 5.74) is 6.58. The number of carbonyl (C=O) groups is 1. The van der Waals surface area contributed by atoms with E-state index in [0.717, 1.165) is 18.4 Å². The van der Waals surface area contributed by atoms with Crippen molar-refractivity contribution < 1.29 is 4.79 Å². The highest BCUT2D eigenvalue weighted by molar-refractivity contribution is 7.08. The second-order valence-corrected chi connectivity index (χ2v) is 3.97. The molecule has 1 rings (SSSR count). The molecule has 1 heterocycles. The first-order chi connectivity index (χ1) is 6.24. The normalized spacial score (nSPS) is 12.8. The molecule has 1 aromatic rings. The van der Waals surface area contributed by atoms with Crippen LogP contribution < -0.4 is 5.73 Å². The van der Waals surface area contributed by atoms with Gasteiger partial charge in [0.15, 0.2) is 5.78 Å². The van der Waals surface area contributed by atoms with Crippen LogP contribution in [-0.4, -0.2) is 11.8 Å². The monoisotopic (exact) mass is 197 g/mol. The fourth-order valence-corrected chi connectivity index (χ4v) is 1.91. The van der Waals surface area contributed by atoms with E-state index in [1.54, 1.807) is 11.3 Å². The van der Waals surface area contributed by atoms with Crippen molar-refractivity contribution >= 4 is 17.1 Å². The number of thiophene rings is 1. The van der Waals surface area contributed by atoms with Gasteiger partial charge in [-0.3, -0.25) is 4.79 Å². The van der Waals surface area contributed by atoms with Gasteiger partial charge in [-0.25, -0.2) is 0 Å². The van der Waals surface area contributed by atoms with Gasteiger partial charge in [-0.1, -0.05) is 13.3 Å². The summed E-state index contributed by atoms with van der Waals surface area (Å²) in [4.78, 5) is 11.5. The fourth-order valence-electron chi connectivity index (χ4n) is 1.25. The molecule has 0 radical (unpaired) electrons. The molecule has 0 spiro atoms. The van der Waals surface area contributed by atoms with E-state index >= 15 is 0 Å². The molecule has 0 aliphatic heterocycles. The van der Waals surface area contributed by atoms with Crippen LogP contribution in [0.4, 0.5) is 0 Å². The van der Waals surface area contributed by atoms with Crippen molar-refractivity contribution in [2.24, 2.45) is 5.73 Å². The number of rotatable bonds is 5. The summed E-state index contributed by atoms with van der Waals surface area (Å²) in [7, 11) is 0.